The first-order valence-electron chi connectivity index (χ1n) is 8.60. The molecule has 0 aliphatic carbocycles. The number of halogens is 3. The second kappa shape index (κ2) is 10.4. The fraction of sp³-hybridized carbons (Fsp3) is 0.588. The highest BCUT2D eigenvalue weighted by atomic mass is 32.2. The van der Waals surface area contributed by atoms with Crippen LogP contribution in [0.3, 0.4) is 0 Å². The average molecular weight is 409 g/mol. The first-order valence-corrected chi connectivity index (χ1v) is 10.4. The Hall–Kier alpha value is -1.97. The molecule has 10 heteroatoms. The molecule has 1 aromatic rings. The van der Waals surface area contributed by atoms with Crippen LogP contribution in [0.4, 0.5) is 13.2 Å². The number of guanidine groups is 1. The number of alkyl halides is 3. The molecule has 6 nitrogen and oxygen atoms in total. The van der Waals surface area contributed by atoms with E-state index in [1.807, 2.05) is 6.92 Å². The minimum absolute atomic E-state index is 0.0118. The lowest BCUT2D eigenvalue weighted by Crippen LogP contribution is -2.43. The van der Waals surface area contributed by atoms with Crippen molar-refractivity contribution < 1.29 is 26.3 Å². The van der Waals surface area contributed by atoms with Crippen LogP contribution in [-0.4, -0.2) is 52.1 Å². The summed E-state index contributed by atoms with van der Waals surface area (Å²) in [7, 11) is -1.54. The minimum atomic E-state index is -4.43. The van der Waals surface area contributed by atoms with Crippen molar-refractivity contribution in [3.8, 4) is 5.75 Å². The van der Waals surface area contributed by atoms with Crippen molar-refractivity contribution in [1.29, 1.82) is 0 Å². The predicted octanol–water partition coefficient (Wildman–Crippen LogP) is 2.46. The molecule has 1 unspecified atom stereocenters. The highest BCUT2D eigenvalue weighted by Crippen LogP contribution is 2.31. The van der Waals surface area contributed by atoms with E-state index >= 15 is 0 Å². The Balaban J connectivity index is 2.58. The molecule has 2 N–H and O–H groups in total. The van der Waals surface area contributed by atoms with E-state index in [4.69, 9.17) is 4.74 Å². The Morgan fingerprint density at radius 3 is 2.52 bits per heavy atom. The topological polar surface area (TPSA) is 79.8 Å². The van der Waals surface area contributed by atoms with Gasteiger partial charge in [-0.1, -0.05) is 19.9 Å². The molecule has 1 aromatic carbocycles. The van der Waals surface area contributed by atoms with E-state index in [1.54, 1.807) is 6.92 Å². The fourth-order valence-electron chi connectivity index (χ4n) is 2.11. The Morgan fingerprint density at radius 1 is 1.26 bits per heavy atom. The maximum atomic E-state index is 12.8. The third-order valence-electron chi connectivity index (χ3n) is 3.79. The molecule has 0 saturated heterocycles. The van der Waals surface area contributed by atoms with E-state index < -0.39 is 21.6 Å². The van der Waals surface area contributed by atoms with Gasteiger partial charge in [-0.25, -0.2) is 8.42 Å². The summed E-state index contributed by atoms with van der Waals surface area (Å²) in [6.07, 6.45) is -4.25. The molecule has 0 amide bonds. The smallest absolute Gasteiger partial charge is 0.416 e. The summed E-state index contributed by atoms with van der Waals surface area (Å²) >= 11 is 0. The number of rotatable bonds is 9. The molecule has 0 saturated carbocycles. The van der Waals surface area contributed by atoms with Gasteiger partial charge in [0, 0.05) is 19.3 Å². The van der Waals surface area contributed by atoms with E-state index in [1.165, 1.54) is 19.2 Å². The van der Waals surface area contributed by atoms with Crippen LogP contribution in [0, 0.1) is 0 Å². The lowest BCUT2D eigenvalue weighted by Gasteiger charge is -2.20. The van der Waals surface area contributed by atoms with Gasteiger partial charge in [-0.05, 0) is 24.6 Å². The van der Waals surface area contributed by atoms with Gasteiger partial charge in [0.15, 0.2) is 15.8 Å². The number of sulfone groups is 1. The van der Waals surface area contributed by atoms with Crippen LogP contribution in [0.15, 0.2) is 29.3 Å². The van der Waals surface area contributed by atoms with Crippen molar-refractivity contribution >= 4 is 15.8 Å². The highest BCUT2D eigenvalue weighted by Gasteiger charge is 2.30. The molecule has 154 valence electrons. The molecule has 0 spiro atoms. The number of ether oxygens (including phenoxy) is 1. The minimum Gasteiger partial charge on any atom is -0.489 e. The zero-order valence-electron chi connectivity index (χ0n) is 15.6. The van der Waals surface area contributed by atoms with Gasteiger partial charge in [0.05, 0.1) is 17.9 Å². The van der Waals surface area contributed by atoms with Gasteiger partial charge in [0.2, 0.25) is 0 Å². The van der Waals surface area contributed by atoms with Crippen LogP contribution in [0.5, 0.6) is 5.75 Å². The van der Waals surface area contributed by atoms with Gasteiger partial charge in [0.25, 0.3) is 0 Å². The van der Waals surface area contributed by atoms with Gasteiger partial charge < -0.3 is 15.4 Å². The van der Waals surface area contributed by atoms with Gasteiger partial charge >= 0.3 is 6.18 Å². The standard InChI is InChI=1S/C17H26F3N3O3S/c1-4-14(26-15-8-6-7-13(11-15)17(18,19)20)12-23-16(21-3)22-9-10-27(24,25)5-2/h6-8,11,14H,4-5,9-10,12H2,1-3H3,(H2,21,22,23). The largest absolute Gasteiger partial charge is 0.489 e. The normalized spacial score (nSPS) is 13.9. The number of hydrogen-bond acceptors (Lipinski definition) is 4. The quantitative estimate of drug-likeness (QED) is 0.484. The van der Waals surface area contributed by atoms with Crippen LogP contribution in [0.25, 0.3) is 0 Å². The zero-order chi connectivity index (χ0) is 20.5. The number of aliphatic imine (C=N–C) groups is 1. The zero-order valence-corrected chi connectivity index (χ0v) is 16.5. The van der Waals surface area contributed by atoms with Crippen molar-refractivity contribution in [2.24, 2.45) is 4.99 Å². The maximum Gasteiger partial charge on any atom is 0.416 e. The Kier molecular flexibility index (Phi) is 8.87. The molecule has 0 heterocycles. The van der Waals surface area contributed by atoms with E-state index in [9.17, 15) is 21.6 Å². The second-order valence-corrected chi connectivity index (χ2v) is 8.26. The van der Waals surface area contributed by atoms with Crippen molar-refractivity contribution in [2.45, 2.75) is 32.5 Å². The Morgan fingerprint density at radius 2 is 1.96 bits per heavy atom. The SMILES string of the molecule is CCC(CNC(=NC)NCCS(=O)(=O)CC)Oc1cccc(C(F)(F)F)c1. The predicted molar refractivity (Wildman–Crippen MR) is 99.8 cm³/mol. The molecule has 0 radical (unpaired) electrons. The first-order chi connectivity index (χ1) is 12.6. The molecule has 0 bridgehead atoms. The third-order valence-corrected chi connectivity index (χ3v) is 5.49. The average Bonchev–Trinajstić information content (AvgIpc) is 2.62. The lowest BCUT2D eigenvalue weighted by atomic mass is 10.2. The van der Waals surface area contributed by atoms with E-state index in [0.29, 0.717) is 18.9 Å². The first kappa shape index (κ1) is 23.1. The van der Waals surface area contributed by atoms with Gasteiger partial charge in [-0.15, -0.1) is 0 Å². The van der Waals surface area contributed by atoms with Crippen molar-refractivity contribution in [3.63, 3.8) is 0 Å². The van der Waals surface area contributed by atoms with Crippen LogP contribution >= 0.6 is 0 Å². The van der Waals surface area contributed by atoms with E-state index in [-0.39, 0.29) is 29.9 Å². The number of benzene rings is 1. The molecule has 1 atom stereocenters. The molecule has 0 aromatic heterocycles. The molecular formula is C17H26F3N3O3S. The third kappa shape index (κ3) is 8.51. The highest BCUT2D eigenvalue weighted by molar-refractivity contribution is 7.91. The lowest BCUT2D eigenvalue weighted by molar-refractivity contribution is -0.137. The Labute approximate surface area is 158 Å². The van der Waals surface area contributed by atoms with Gasteiger partial charge in [0.1, 0.15) is 11.9 Å². The second-order valence-electron chi connectivity index (χ2n) is 5.79. The summed E-state index contributed by atoms with van der Waals surface area (Å²) in [6, 6.07) is 4.72. The van der Waals surface area contributed by atoms with Crippen molar-refractivity contribution in [1.82, 2.24) is 10.6 Å². The summed E-state index contributed by atoms with van der Waals surface area (Å²) in [5.41, 5.74) is -0.766. The number of nitrogens with zero attached hydrogens (tertiary/aromatic N) is 1. The summed E-state index contributed by atoms with van der Waals surface area (Å²) in [5.74, 6) is 0.592. The molecular weight excluding hydrogens is 383 g/mol. The van der Waals surface area contributed by atoms with Crippen LogP contribution in [0.1, 0.15) is 25.8 Å². The van der Waals surface area contributed by atoms with Gasteiger partial charge in [-0.2, -0.15) is 13.2 Å². The van der Waals surface area contributed by atoms with Crippen molar-refractivity contribution in [2.75, 3.05) is 31.6 Å². The Bertz CT molecular complexity index is 722. The fourth-order valence-corrected chi connectivity index (χ4v) is 2.81. The maximum absolute atomic E-state index is 12.8. The summed E-state index contributed by atoms with van der Waals surface area (Å²) in [6.45, 7) is 3.94. The number of nitrogens with one attached hydrogen (secondary N) is 2. The van der Waals surface area contributed by atoms with Crippen LogP contribution in [-0.2, 0) is 16.0 Å². The molecule has 27 heavy (non-hydrogen) atoms. The molecule has 0 aliphatic rings. The summed E-state index contributed by atoms with van der Waals surface area (Å²) in [5, 5.41) is 5.87. The van der Waals surface area contributed by atoms with E-state index in [2.05, 4.69) is 15.6 Å². The van der Waals surface area contributed by atoms with Crippen molar-refractivity contribution in [3.05, 3.63) is 29.8 Å². The molecule has 0 aliphatic heterocycles. The van der Waals surface area contributed by atoms with E-state index in [0.717, 1.165) is 12.1 Å². The summed E-state index contributed by atoms with van der Waals surface area (Å²) < 4.78 is 66.9. The summed E-state index contributed by atoms with van der Waals surface area (Å²) in [4.78, 5) is 3.99. The number of hydrogen-bond donors (Lipinski definition) is 2. The van der Waals surface area contributed by atoms with Crippen LogP contribution < -0.4 is 15.4 Å². The molecule has 1 rings (SSSR count). The monoisotopic (exact) mass is 409 g/mol. The van der Waals surface area contributed by atoms with Gasteiger partial charge in [-0.3, -0.25) is 4.99 Å². The molecule has 0 fully saturated rings. The van der Waals surface area contributed by atoms with Crippen LogP contribution in [0.2, 0.25) is 0 Å².